The molecular weight excluding hydrogens is 234 g/mol. The predicted octanol–water partition coefficient (Wildman–Crippen LogP) is 3.09. The maximum Gasteiger partial charge on any atom is 0.358 e. The summed E-state index contributed by atoms with van der Waals surface area (Å²) in [7, 11) is 0. The van der Waals surface area contributed by atoms with Crippen molar-refractivity contribution in [3.8, 4) is 11.3 Å². The summed E-state index contributed by atoms with van der Waals surface area (Å²) in [5.41, 5.74) is 1.24. The van der Waals surface area contributed by atoms with Crippen LogP contribution >= 0.6 is 0 Å². The molecule has 2 heterocycles. The van der Waals surface area contributed by atoms with E-state index in [0.29, 0.717) is 16.9 Å². The number of furan rings is 1. The maximum atomic E-state index is 10.8. The first-order chi connectivity index (χ1) is 8.65. The van der Waals surface area contributed by atoms with Crippen LogP contribution in [0, 0.1) is 6.92 Å². The summed E-state index contributed by atoms with van der Waals surface area (Å²) >= 11 is 0. The number of aromatic carboxylic acids is 1. The van der Waals surface area contributed by atoms with Crippen molar-refractivity contribution < 1.29 is 18.8 Å². The van der Waals surface area contributed by atoms with Gasteiger partial charge in [-0.3, -0.25) is 0 Å². The SMILES string of the molecule is Cc1cc2cccc(-c3cc(C(=O)O)no3)c2o1. The Kier molecular flexibility index (Phi) is 2.19. The highest BCUT2D eigenvalue weighted by molar-refractivity contribution is 5.93. The maximum absolute atomic E-state index is 10.8. The van der Waals surface area contributed by atoms with E-state index in [0.717, 1.165) is 11.1 Å². The molecule has 0 saturated heterocycles. The van der Waals surface area contributed by atoms with E-state index in [9.17, 15) is 4.79 Å². The van der Waals surface area contributed by atoms with Gasteiger partial charge in [0.05, 0.1) is 5.56 Å². The lowest BCUT2D eigenvalue weighted by Gasteiger charge is -1.96. The number of benzene rings is 1. The van der Waals surface area contributed by atoms with Crippen LogP contribution in [0.2, 0.25) is 0 Å². The first-order valence-corrected chi connectivity index (χ1v) is 5.35. The molecule has 18 heavy (non-hydrogen) atoms. The Balaban J connectivity index is 2.21. The zero-order valence-electron chi connectivity index (χ0n) is 9.51. The highest BCUT2D eigenvalue weighted by atomic mass is 16.5. The molecule has 0 aliphatic carbocycles. The second kappa shape index (κ2) is 3.73. The molecule has 1 N–H and O–H groups in total. The van der Waals surface area contributed by atoms with Crippen LogP contribution in [0.4, 0.5) is 0 Å². The third-order valence-corrected chi connectivity index (χ3v) is 2.66. The molecule has 0 fully saturated rings. The van der Waals surface area contributed by atoms with Gasteiger partial charge in [-0.25, -0.2) is 4.79 Å². The van der Waals surface area contributed by atoms with Gasteiger partial charge in [0.15, 0.2) is 11.5 Å². The third kappa shape index (κ3) is 1.57. The Morgan fingerprint density at radius 1 is 1.33 bits per heavy atom. The number of hydrogen-bond donors (Lipinski definition) is 1. The minimum absolute atomic E-state index is 0.120. The molecular formula is C13H9NO4. The van der Waals surface area contributed by atoms with Crippen molar-refractivity contribution in [2.75, 3.05) is 0 Å². The molecule has 0 aliphatic heterocycles. The molecule has 3 aromatic rings. The summed E-state index contributed by atoms with van der Waals surface area (Å²) in [6.07, 6.45) is 0. The van der Waals surface area contributed by atoms with Crippen LogP contribution in [0.5, 0.6) is 0 Å². The van der Waals surface area contributed by atoms with Gasteiger partial charge in [0, 0.05) is 11.5 Å². The van der Waals surface area contributed by atoms with E-state index in [2.05, 4.69) is 5.16 Å². The van der Waals surface area contributed by atoms with Gasteiger partial charge < -0.3 is 14.0 Å². The number of carboxylic acid groups (broad SMARTS) is 1. The van der Waals surface area contributed by atoms with Gasteiger partial charge in [-0.2, -0.15) is 0 Å². The van der Waals surface area contributed by atoms with E-state index >= 15 is 0 Å². The van der Waals surface area contributed by atoms with Gasteiger partial charge in [-0.05, 0) is 19.1 Å². The van der Waals surface area contributed by atoms with Crippen LogP contribution in [0.25, 0.3) is 22.3 Å². The van der Waals surface area contributed by atoms with Crippen LogP contribution in [-0.2, 0) is 0 Å². The molecule has 0 bridgehead atoms. The van der Waals surface area contributed by atoms with E-state index < -0.39 is 5.97 Å². The van der Waals surface area contributed by atoms with E-state index in [1.807, 2.05) is 25.1 Å². The molecule has 5 nitrogen and oxygen atoms in total. The molecule has 0 amide bonds. The fourth-order valence-corrected chi connectivity index (χ4v) is 1.89. The monoisotopic (exact) mass is 243 g/mol. The zero-order valence-corrected chi connectivity index (χ0v) is 9.51. The first-order valence-electron chi connectivity index (χ1n) is 5.35. The molecule has 0 atom stereocenters. The molecule has 0 unspecified atom stereocenters. The van der Waals surface area contributed by atoms with E-state index in [1.165, 1.54) is 6.07 Å². The van der Waals surface area contributed by atoms with Gasteiger partial charge in [0.1, 0.15) is 11.3 Å². The Morgan fingerprint density at radius 2 is 2.17 bits per heavy atom. The molecule has 0 radical (unpaired) electrons. The number of rotatable bonds is 2. The van der Waals surface area contributed by atoms with Crippen molar-refractivity contribution in [3.05, 3.63) is 41.8 Å². The third-order valence-electron chi connectivity index (χ3n) is 2.66. The molecule has 0 aliphatic rings. The van der Waals surface area contributed by atoms with Crippen LogP contribution < -0.4 is 0 Å². The standard InChI is InChI=1S/C13H9NO4/c1-7-5-8-3-2-4-9(12(8)17-7)11-6-10(13(15)16)14-18-11/h2-6H,1H3,(H,15,16). The number of carboxylic acids is 1. The van der Waals surface area contributed by atoms with Crippen molar-refractivity contribution in [1.82, 2.24) is 5.16 Å². The van der Waals surface area contributed by atoms with Crippen molar-refractivity contribution in [2.24, 2.45) is 0 Å². The Hall–Kier alpha value is -2.56. The molecule has 1 aromatic carbocycles. The number of para-hydroxylation sites is 1. The van der Waals surface area contributed by atoms with Crippen LogP contribution in [0.1, 0.15) is 16.2 Å². The Bertz CT molecular complexity index is 738. The summed E-state index contributed by atoms with van der Waals surface area (Å²) in [6.45, 7) is 1.85. The largest absolute Gasteiger partial charge is 0.476 e. The van der Waals surface area contributed by atoms with Crippen molar-refractivity contribution in [2.45, 2.75) is 6.92 Å². The number of fused-ring (bicyclic) bond motifs is 1. The lowest BCUT2D eigenvalue weighted by molar-refractivity contribution is 0.0686. The Morgan fingerprint density at radius 3 is 2.89 bits per heavy atom. The van der Waals surface area contributed by atoms with Crippen molar-refractivity contribution in [1.29, 1.82) is 0 Å². The smallest absolute Gasteiger partial charge is 0.358 e. The average Bonchev–Trinajstić information content (AvgIpc) is 2.92. The fourth-order valence-electron chi connectivity index (χ4n) is 1.89. The van der Waals surface area contributed by atoms with Crippen molar-refractivity contribution >= 4 is 16.9 Å². The average molecular weight is 243 g/mol. The summed E-state index contributed by atoms with van der Waals surface area (Å²) in [5.74, 6) is 0.0515. The van der Waals surface area contributed by atoms with Crippen LogP contribution in [0.3, 0.4) is 0 Å². The molecule has 2 aromatic heterocycles. The summed E-state index contributed by atoms with van der Waals surface area (Å²) in [4.78, 5) is 10.8. The van der Waals surface area contributed by atoms with Gasteiger partial charge in [0.2, 0.25) is 0 Å². The minimum atomic E-state index is -1.12. The normalized spacial score (nSPS) is 10.9. The molecule has 3 rings (SSSR count). The molecule has 90 valence electrons. The highest BCUT2D eigenvalue weighted by Gasteiger charge is 2.15. The molecule has 0 spiro atoms. The van der Waals surface area contributed by atoms with E-state index in [-0.39, 0.29) is 5.69 Å². The minimum Gasteiger partial charge on any atom is -0.476 e. The quantitative estimate of drug-likeness (QED) is 0.748. The lowest BCUT2D eigenvalue weighted by Crippen LogP contribution is -1.94. The highest BCUT2D eigenvalue weighted by Crippen LogP contribution is 2.31. The summed E-state index contributed by atoms with van der Waals surface area (Å²) in [5, 5.41) is 13.2. The summed E-state index contributed by atoms with van der Waals surface area (Å²) in [6, 6.07) is 8.87. The number of aryl methyl sites for hydroxylation is 1. The van der Waals surface area contributed by atoms with Gasteiger partial charge in [0.25, 0.3) is 0 Å². The topological polar surface area (TPSA) is 76.5 Å². The number of carbonyl (C=O) groups is 1. The van der Waals surface area contributed by atoms with Gasteiger partial charge in [-0.15, -0.1) is 0 Å². The van der Waals surface area contributed by atoms with Gasteiger partial charge >= 0.3 is 5.97 Å². The lowest BCUT2D eigenvalue weighted by atomic mass is 10.1. The van der Waals surface area contributed by atoms with E-state index in [1.54, 1.807) is 6.07 Å². The van der Waals surface area contributed by atoms with Crippen LogP contribution in [-0.4, -0.2) is 16.2 Å². The number of hydrogen-bond acceptors (Lipinski definition) is 4. The molecule has 0 saturated carbocycles. The number of aromatic nitrogens is 1. The fraction of sp³-hybridized carbons (Fsp3) is 0.0769. The second-order valence-corrected chi connectivity index (χ2v) is 3.96. The second-order valence-electron chi connectivity index (χ2n) is 3.96. The van der Waals surface area contributed by atoms with Gasteiger partial charge in [-0.1, -0.05) is 17.3 Å². The van der Waals surface area contributed by atoms with Crippen LogP contribution in [0.15, 0.2) is 39.3 Å². The molecule has 5 heteroatoms. The predicted molar refractivity (Wildman–Crippen MR) is 63.4 cm³/mol. The van der Waals surface area contributed by atoms with E-state index in [4.69, 9.17) is 14.0 Å². The first kappa shape index (κ1) is 10.6. The Labute approximate surface area is 102 Å². The zero-order chi connectivity index (χ0) is 12.7. The van der Waals surface area contributed by atoms with Crippen molar-refractivity contribution in [3.63, 3.8) is 0 Å². The number of nitrogens with zero attached hydrogens (tertiary/aromatic N) is 1. The summed E-state index contributed by atoms with van der Waals surface area (Å²) < 4.78 is 10.6.